The second-order valence-corrected chi connectivity index (χ2v) is 4.94. The van der Waals surface area contributed by atoms with Crippen LogP contribution in [0.2, 0.25) is 0 Å². The van der Waals surface area contributed by atoms with Gasteiger partial charge in [0.25, 0.3) is 0 Å². The van der Waals surface area contributed by atoms with Crippen LogP contribution in [0.25, 0.3) is 5.69 Å². The number of tetrazole rings is 1. The predicted molar refractivity (Wildman–Crippen MR) is 64.4 cm³/mol. The summed E-state index contributed by atoms with van der Waals surface area (Å²) in [5, 5.41) is 11.9. The molecule has 92 valence electrons. The first-order valence-electron chi connectivity index (χ1n) is 5.52. The van der Waals surface area contributed by atoms with E-state index >= 15 is 0 Å². The second kappa shape index (κ2) is 4.77. The van der Waals surface area contributed by atoms with E-state index in [1.54, 1.807) is 4.68 Å². The Labute approximate surface area is 107 Å². The molecule has 0 N–H and O–H groups in total. The highest BCUT2D eigenvalue weighted by molar-refractivity contribution is 8.00. The number of rotatable bonds is 3. The Balaban J connectivity index is 1.86. The van der Waals surface area contributed by atoms with Crippen LogP contribution in [0.4, 0.5) is 0 Å². The summed E-state index contributed by atoms with van der Waals surface area (Å²) in [6.07, 6.45) is 0.700. The number of carbonyl (C=O) groups excluding carboxylic acids is 1. The van der Waals surface area contributed by atoms with Crippen LogP contribution in [0.1, 0.15) is 6.42 Å². The zero-order valence-electron chi connectivity index (χ0n) is 9.39. The molecule has 1 aromatic heterocycles. The molecule has 0 saturated carbocycles. The average molecular weight is 262 g/mol. The first-order valence-corrected chi connectivity index (χ1v) is 6.39. The van der Waals surface area contributed by atoms with E-state index < -0.39 is 0 Å². The Morgan fingerprint density at radius 3 is 2.89 bits per heavy atom. The predicted octanol–water partition coefficient (Wildman–Crippen LogP) is 1.07. The first-order chi connectivity index (χ1) is 8.84. The quantitative estimate of drug-likeness (QED) is 0.771. The molecule has 0 radical (unpaired) electrons. The van der Waals surface area contributed by atoms with Crippen LogP contribution in [-0.2, 0) is 9.53 Å². The molecular weight excluding hydrogens is 252 g/mol. The van der Waals surface area contributed by atoms with Crippen molar-refractivity contribution in [1.82, 2.24) is 20.2 Å². The van der Waals surface area contributed by atoms with E-state index in [9.17, 15) is 4.79 Å². The number of hydrogen-bond donors (Lipinski definition) is 0. The summed E-state index contributed by atoms with van der Waals surface area (Å²) in [5.74, 6) is -0.192. The van der Waals surface area contributed by atoms with Crippen molar-refractivity contribution in [3.8, 4) is 5.69 Å². The summed E-state index contributed by atoms with van der Waals surface area (Å²) < 4.78 is 6.54. The fourth-order valence-electron chi connectivity index (χ4n) is 1.70. The molecule has 1 fully saturated rings. The lowest BCUT2D eigenvalue weighted by atomic mass is 10.3. The molecule has 3 rings (SSSR count). The molecule has 0 amide bonds. The van der Waals surface area contributed by atoms with Crippen LogP contribution in [0, 0.1) is 0 Å². The van der Waals surface area contributed by atoms with Crippen LogP contribution in [0.3, 0.4) is 0 Å². The molecule has 1 aliphatic rings. The minimum absolute atomic E-state index is 0.192. The molecule has 0 aliphatic carbocycles. The van der Waals surface area contributed by atoms with E-state index in [1.165, 1.54) is 11.8 Å². The van der Waals surface area contributed by atoms with E-state index in [0.29, 0.717) is 18.2 Å². The third kappa shape index (κ3) is 2.08. The zero-order chi connectivity index (χ0) is 12.4. The fourth-order valence-corrected chi connectivity index (χ4v) is 2.65. The normalized spacial score (nSPS) is 18.9. The molecule has 7 heteroatoms. The lowest BCUT2D eigenvalue weighted by Crippen LogP contribution is -2.11. The third-order valence-electron chi connectivity index (χ3n) is 2.58. The summed E-state index contributed by atoms with van der Waals surface area (Å²) in [7, 11) is 0. The van der Waals surface area contributed by atoms with E-state index in [4.69, 9.17) is 4.74 Å². The number of aromatic nitrogens is 4. The average Bonchev–Trinajstić information content (AvgIpc) is 3.01. The van der Waals surface area contributed by atoms with Gasteiger partial charge in [0.05, 0.1) is 12.3 Å². The Hall–Kier alpha value is -1.89. The van der Waals surface area contributed by atoms with Crippen molar-refractivity contribution in [2.75, 3.05) is 6.61 Å². The van der Waals surface area contributed by atoms with Gasteiger partial charge in [0.1, 0.15) is 5.25 Å². The van der Waals surface area contributed by atoms with Gasteiger partial charge < -0.3 is 4.74 Å². The molecule has 2 heterocycles. The molecule has 1 aromatic carbocycles. The van der Waals surface area contributed by atoms with Gasteiger partial charge in [0, 0.05) is 6.42 Å². The molecule has 0 unspecified atom stereocenters. The molecule has 1 atom stereocenters. The Morgan fingerprint density at radius 1 is 1.33 bits per heavy atom. The van der Waals surface area contributed by atoms with Crippen LogP contribution in [-0.4, -0.2) is 38.0 Å². The minimum atomic E-state index is -0.210. The van der Waals surface area contributed by atoms with Gasteiger partial charge in [0.2, 0.25) is 5.16 Å². The fraction of sp³-hybridized carbons (Fsp3) is 0.273. The molecular formula is C11H10N4O2S. The van der Waals surface area contributed by atoms with Crippen molar-refractivity contribution < 1.29 is 9.53 Å². The maximum absolute atomic E-state index is 11.4. The van der Waals surface area contributed by atoms with Crippen molar-refractivity contribution in [2.45, 2.75) is 16.8 Å². The number of hydrogen-bond acceptors (Lipinski definition) is 6. The van der Waals surface area contributed by atoms with Crippen LogP contribution < -0.4 is 0 Å². The number of nitrogens with zero attached hydrogens (tertiary/aromatic N) is 4. The maximum atomic E-state index is 11.4. The highest BCUT2D eigenvalue weighted by Crippen LogP contribution is 2.28. The standard InChI is InChI=1S/C11H10N4O2S/c16-10-9(6-7-17-10)18-11-12-13-14-15(11)8-4-2-1-3-5-8/h1-5,9H,6-7H2/t9-/m0/s1. The number of esters is 1. The summed E-state index contributed by atoms with van der Waals surface area (Å²) in [6, 6.07) is 9.57. The SMILES string of the molecule is O=C1OCC[C@@H]1Sc1nnnn1-c1ccccc1. The molecule has 1 saturated heterocycles. The molecule has 6 nitrogen and oxygen atoms in total. The summed E-state index contributed by atoms with van der Waals surface area (Å²) in [6.45, 7) is 0.476. The Bertz CT molecular complexity index is 557. The summed E-state index contributed by atoms with van der Waals surface area (Å²) in [5.41, 5.74) is 0.872. The van der Waals surface area contributed by atoms with Gasteiger partial charge in [-0.25, -0.2) is 0 Å². The lowest BCUT2D eigenvalue weighted by molar-refractivity contribution is -0.137. The van der Waals surface area contributed by atoms with Gasteiger partial charge in [0.15, 0.2) is 0 Å². The van der Waals surface area contributed by atoms with E-state index in [-0.39, 0.29) is 11.2 Å². The zero-order valence-corrected chi connectivity index (χ0v) is 10.2. The molecule has 18 heavy (non-hydrogen) atoms. The van der Waals surface area contributed by atoms with Crippen LogP contribution in [0.5, 0.6) is 0 Å². The smallest absolute Gasteiger partial charge is 0.319 e. The van der Waals surface area contributed by atoms with Crippen molar-refractivity contribution in [2.24, 2.45) is 0 Å². The number of carbonyl (C=O) groups is 1. The number of cyclic esters (lactones) is 1. The highest BCUT2D eigenvalue weighted by atomic mass is 32.2. The van der Waals surface area contributed by atoms with Gasteiger partial charge in [-0.2, -0.15) is 4.68 Å². The van der Waals surface area contributed by atoms with Crippen molar-refractivity contribution in [1.29, 1.82) is 0 Å². The Morgan fingerprint density at radius 2 is 2.17 bits per heavy atom. The van der Waals surface area contributed by atoms with Crippen molar-refractivity contribution in [3.63, 3.8) is 0 Å². The van der Waals surface area contributed by atoms with Crippen molar-refractivity contribution in [3.05, 3.63) is 30.3 Å². The van der Waals surface area contributed by atoms with E-state index in [0.717, 1.165) is 5.69 Å². The number of ether oxygens (including phenoxy) is 1. The summed E-state index contributed by atoms with van der Waals surface area (Å²) in [4.78, 5) is 11.4. The third-order valence-corrected chi connectivity index (χ3v) is 3.75. The largest absolute Gasteiger partial charge is 0.465 e. The number of para-hydroxylation sites is 1. The molecule has 1 aliphatic heterocycles. The number of thioether (sulfide) groups is 1. The van der Waals surface area contributed by atoms with Crippen molar-refractivity contribution >= 4 is 17.7 Å². The summed E-state index contributed by atoms with van der Waals surface area (Å²) >= 11 is 1.34. The van der Waals surface area contributed by atoms with Crippen LogP contribution >= 0.6 is 11.8 Å². The van der Waals surface area contributed by atoms with Gasteiger partial charge >= 0.3 is 5.97 Å². The van der Waals surface area contributed by atoms with Crippen LogP contribution in [0.15, 0.2) is 35.5 Å². The lowest BCUT2D eigenvalue weighted by Gasteiger charge is -2.05. The van der Waals surface area contributed by atoms with E-state index in [1.807, 2.05) is 30.3 Å². The van der Waals surface area contributed by atoms with Gasteiger partial charge in [-0.05, 0) is 22.6 Å². The maximum Gasteiger partial charge on any atom is 0.319 e. The first kappa shape index (κ1) is 11.2. The topological polar surface area (TPSA) is 69.9 Å². The monoisotopic (exact) mass is 262 g/mol. The Kier molecular flexibility index (Phi) is 2.97. The minimum Gasteiger partial charge on any atom is -0.465 e. The number of benzene rings is 1. The second-order valence-electron chi connectivity index (χ2n) is 3.77. The van der Waals surface area contributed by atoms with E-state index in [2.05, 4.69) is 15.5 Å². The molecule has 0 spiro atoms. The van der Waals surface area contributed by atoms with Gasteiger partial charge in [-0.3, -0.25) is 4.79 Å². The molecule has 0 bridgehead atoms. The van der Waals surface area contributed by atoms with Gasteiger partial charge in [-0.15, -0.1) is 5.10 Å². The molecule has 2 aromatic rings. The highest BCUT2D eigenvalue weighted by Gasteiger charge is 2.29. The van der Waals surface area contributed by atoms with Gasteiger partial charge in [-0.1, -0.05) is 30.0 Å².